The Bertz CT molecular complexity index is 343. The maximum absolute atomic E-state index is 5.23. The lowest BCUT2D eigenvalue weighted by Crippen LogP contribution is -2.04. The fourth-order valence-corrected chi connectivity index (χ4v) is 2.42. The van der Waals surface area contributed by atoms with Crippen LogP contribution in [-0.4, -0.2) is 26.8 Å². The van der Waals surface area contributed by atoms with E-state index in [1.54, 1.807) is 0 Å². The van der Waals surface area contributed by atoms with Crippen molar-refractivity contribution in [3.63, 3.8) is 0 Å². The molecule has 1 aromatic heterocycles. The van der Waals surface area contributed by atoms with E-state index in [-0.39, 0.29) is 0 Å². The Balaban J connectivity index is 2.40. The molecule has 92 valence electrons. The molecule has 0 radical (unpaired) electrons. The van der Waals surface area contributed by atoms with Crippen LogP contribution in [0, 0.1) is 4.77 Å². The molecule has 0 atom stereocenters. The molecule has 16 heavy (non-hydrogen) atoms. The van der Waals surface area contributed by atoms with Crippen molar-refractivity contribution in [1.29, 1.82) is 0 Å². The number of hydrogen-bond donors (Lipinski definition) is 1. The van der Waals surface area contributed by atoms with Crippen molar-refractivity contribution in [2.24, 2.45) is 0 Å². The lowest BCUT2D eigenvalue weighted by atomic mass is 10.2. The molecule has 0 saturated carbocycles. The Morgan fingerprint density at radius 2 is 2.19 bits per heavy atom. The van der Waals surface area contributed by atoms with Gasteiger partial charge in [-0.1, -0.05) is 13.3 Å². The van der Waals surface area contributed by atoms with Crippen LogP contribution < -0.4 is 0 Å². The number of H-pyrrole nitrogens is 1. The van der Waals surface area contributed by atoms with E-state index in [0.29, 0.717) is 0 Å². The summed E-state index contributed by atoms with van der Waals surface area (Å²) in [7, 11) is 0. The van der Waals surface area contributed by atoms with E-state index in [0.717, 1.165) is 30.0 Å². The number of aryl methyl sites for hydroxylation is 1. The molecule has 0 bridgehead atoms. The van der Waals surface area contributed by atoms with Crippen molar-refractivity contribution in [1.82, 2.24) is 14.8 Å². The molecule has 1 aromatic rings. The normalized spacial score (nSPS) is 10.9. The van der Waals surface area contributed by atoms with Gasteiger partial charge in [0.15, 0.2) is 4.77 Å². The topological polar surface area (TPSA) is 33.6 Å². The first kappa shape index (κ1) is 13.8. The van der Waals surface area contributed by atoms with Gasteiger partial charge >= 0.3 is 0 Å². The first-order valence-corrected chi connectivity index (χ1v) is 7.72. The maximum Gasteiger partial charge on any atom is 0.195 e. The second-order valence-corrected chi connectivity index (χ2v) is 5.27. The van der Waals surface area contributed by atoms with Crippen molar-refractivity contribution < 1.29 is 0 Å². The van der Waals surface area contributed by atoms with Crippen LogP contribution in [0.2, 0.25) is 0 Å². The number of aromatic nitrogens is 3. The third-order valence-electron chi connectivity index (χ3n) is 2.54. The Morgan fingerprint density at radius 3 is 2.88 bits per heavy atom. The third-order valence-corrected chi connectivity index (χ3v) is 3.55. The van der Waals surface area contributed by atoms with Crippen molar-refractivity contribution in [2.45, 2.75) is 45.6 Å². The molecule has 5 heteroatoms. The van der Waals surface area contributed by atoms with Gasteiger partial charge < -0.3 is 4.57 Å². The molecule has 0 aliphatic carbocycles. The minimum absolute atomic E-state index is 0.772. The molecule has 0 aromatic carbocycles. The van der Waals surface area contributed by atoms with Crippen LogP contribution >= 0.6 is 24.0 Å². The number of nitrogens with zero attached hydrogens (tertiary/aromatic N) is 2. The summed E-state index contributed by atoms with van der Waals surface area (Å²) in [4.78, 5) is 0. The molecule has 1 heterocycles. The molecule has 0 saturated heterocycles. The Labute approximate surface area is 107 Å². The second-order valence-electron chi connectivity index (χ2n) is 3.90. The van der Waals surface area contributed by atoms with E-state index < -0.39 is 0 Å². The first-order valence-electron chi connectivity index (χ1n) is 5.92. The summed E-state index contributed by atoms with van der Waals surface area (Å²) >= 11 is 7.15. The predicted octanol–water partition coefficient (Wildman–Crippen LogP) is 3.43. The van der Waals surface area contributed by atoms with Crippen LogP contribution in [0.5, 0.6) is 0 Å². The van der Waals surface area contributed by atoms with Crippen LogP contribution in [-0.2, 0) is 13.0 Å². The van der Waals surface area contributed by atoms with E-state index >= 15 is 0 Å². The van der Waals surface area contributed by atoms with E-state index in [1.807, 2.05) is 11.8 Å². The number of nitrogens with one attached hydrogen (secondary N) is 1. The van der Waals surface area contributed by atoms with Gasteiger partial charge in [-0.3, -0.25) is 5.10 Å². The standard InChI is InChI=1S/C11H21N3S2/c1-3-7-10-12-13-11(15)14(10)8-5-4-6-9-16-2/h3-9H2,1-2H3,(H,13,15). The quantitative estimate of drug-likeness (QED) is 0.573. The average molecular weight is 259 g/mol. The lowest BCUT2D eigenvalue weighted by Gasteiger charge is -2.05. The molecule has 0 unspecified atom stereocenters. The minimum Gasteiger partial charge on any atom is -0.304 e. The van der Waals surface area contributed by atoms with Gasteiger partial charge in [-0.05, 0) is 43.5 Å². The van der Waals surface area contributed by atoms with E-state index in [9.17, 15) is 0 Å². The van der Waals surface area contributed by atoms with Crippen LogP contribution in [0.15, 0.2) is 0 Å². The Morgan fingerprint density at radius 1 is 1.38 bits per heavy atom. The molecular weight excluding hydrogens is 238 g/mol. The molecule has 3 nitrogen and oxygen atoms in total. The summed E-state index contributed by atoms with van der Waals surface area (Å²) in [5, 5.41) is 7.15. The SMILES string of the molecule is CCCc1n[nH]c(=S)n1CCCCCSC. The third kappa shape index (κ3) is 4.29. The van der Waals surface area contributed by atoms with Gasteiger partial charge in [0.2, 0.25) is 0 Å². The van der Waals surface area contributed by atoms with Crippen molar-refractivity contribution in [2.75, 3.05) is 12.0 Å². The zero-order valence-corrected chi connectivity index (χ0v) is 11.8. The summed E-state index contributed by atoms with van der Waals surface area (Å²) in [6, 6.07) is 0. The molecule has 0 amide bonds. The number of unbranched alkanes of at least 4 members (excludes halogenated alkanes) is 2. The molecule has 0 aliphatic rings. The van der Waals surface area contributed by atoms with Crippen LogP contribution in [0.3, 0.4) is 0 Å². The highest BCUT2D eigenvalue weighted by atomic mass is 32.2. The van der Waals surface area contributed by atoms with E-state index in [4.69, 9.17) is 12.2 Å². The Hall–Kier alpha value is -0.290. The van der Waals surface area contributed by atoms with Crippen LogP contribution in [0.4, 0.5) is 0 Å². The largest absolute Gasteiger partial charge is 0.304 e. The lowest BCUT2D eigenvalue weighted by molar-refractivity contribution is 0.573. The highest BCUT2D eigenvalue weighted by molar-refractivity contribution is 7.98. The number of aromatic amines is 1. The molecule has 1 rings (SSSR count). The summed E-state index contributed by atoms with van der Waals surface area (Å²) in [6.45, 7) is 3.18. The molecule has 1 N–H and O–H groups in total. The number of thioether (sulfide) groups is 1. The van der Waals surface area contributed by atoms with Crippen molar-refractivity contribution >= 4 is 24.0 Å². The van der Waals surface area contributed by atoms with Gasteiger partial charge in [-0.15, -0.1) is 0 Å². The zero-order chi connectivity index (χ0) is 11.8. The average Bonchev–Trinajstić information content (AvgIpc) is 2.61. The highest BCUT2D eigenvalue weighted by Crippen LogP contribution is 2.07. The number of hydrogen-bond acceptors (Lipinski definition) is 3. The molecule has 0 spiro atoms. The monoisotopic (exact) mass is 259 g/mol. The summed E-state index contributed by atoms with van der Waals surface area (Å²) in [6.07, 6.45) is 8.06. The zero-order valence-electron chi connectivity index (χ0n) is 10.2. The van der Waals surface area contributed by atoms with Crippen molar-refractivity contribution in [3.8, 4) is 0 Å². The van der Waals surface area contributed by atoms with Gasteiger partial charge in [-0.2, -0.15) is 16.9 Å². The minimum atomic E-state index is 0.772. The van der Waals surface area contributed by atoms with Gasteiger partial charge in [0.1, 0.15) is 5.82 Å². The van der Waals surface area contributed by atoms with E-state index in [2.05, 4.69) is 27.9 Å². The van der Waals surface area contributed by atoms with Gasteiger partial charge in [0.05, 0.1) is 0 Å². The fourth-order valence-electron chi connectivity index (χ4n) is 1.69. The highest BCUT2D eigenvalue weighted by Gasteiger charge is 2.04. The maximum atomic E-state index is 5.23. The van der Waals surface area contributed by atoms with Gasteiger partial charge in [0.25, 0.3) is 0 Å². The molecule has 0 fully saturated rings. The smallest absolute Gasteiger partial charge is 0.195 e. The fraction of sp³-hybridized carbons (Fsp3) is 0.818. The van der Waals surface area contributed by atoms with E-state index in [1.165, 1.54) is 25.0 Å². The number of rotatable bonds is 8. The van der Waals surface area contributed by atoms with Crippen molar-refractivity contribution in [3.05, 3.63) is 10.6 Å². The molecular formula is C11H21N3S2. The summed E-state index contributed by atoms with van der Waals surface area (Å²) in [5.41, 5.74) is 0. The first-order chi connectivity index (χ1) is 7.79. The predicted molar refractivity (Wildman–Crippen MR) is 73.6 cm³/mol. The summed E-state index contributed by atoms with van der Waals surface area (Å²) < 4.78 is 2.92. The second kappa shape index (κ2) is 7.90. The van der Waals surface area contributed by atoms with Crippen LogP contribution in [0.1, 0.15) is 38.4 Å². The Kier molecular flexibility index (Phi) is 6.80. The summed E-state index contributed by atoms with van der Waals surface area (Å²) in [5.74, 6) is 2.37. The molecule has 0 aliphatic heterocycles. The van der Waals surface area contributed by atoms with Gasteiger partial charge in [0, 0.05) is 13.0 Å². The van der Waals surface area contributed by atoms with Crippen LogP contribution in [0.25, 0.3) is 0 Å². The van der Waals surface area contributed by atoms with Gasteiger partial charge in [-0.25, -0.2) is 0 Å².